The van der Waals surface area contributed by atoms with E-state index < -0.39 is 0 Å². The molecule has 0 aliphatic heterocycles. The van der Waals surface area contributed by atoms with Crippen LogP contribution in [0.4, 0.5) is 0 Å². The molecule has 31 heavy (non-hydrogen) atoms. The molecule has 1 nitrogen and oxygen atoms in total. The zero-order valence-corrected chi connectivity index (χ0v) is 21.7. The molecular weight excluding hydrogens is 376 g/mol. The van der Waals surface area contributed by atoms with Crippen molar-refractivity contribution in [2.24, 2.45) is 50.7 Å². The number of allylic oxidation sites excluding steroid dienone is 2. The molecule has 0 heterocycles. The molecule has 176 valence electrons. The summed E-state index contributed by atoms with van der Waals surface area (Å²) >= 11 is 0. The number of aliphatic hydroxyl groups is 1. The van der Waals surface area contributed by atoms with Crippen molar-refractivity contribution in [3.63, 3.8) is 0 Å². The summed E-state index contributed by atoms with van der Waals surface area (Å²) in [6, 6.07) is 0. The Morgan fingerprint density at radius 1 is 0.871 bits per heavy atom. The molecule has 0 aromatic carbocycles. The SMILES string of the molecule is CC(C)=CCC[C@@H](C)[C@H]1CC[C@@]2(C)[C@@H]3CC[C@H]4C(C)(C)[C@@H](O)CCC45CC35CC[C@]12C. The van der Waals surface area contributed by atoms with Gasteiger partial charge in [-0.1, -0.05) is 46.3 Å². The van der Waals surface area contributed by atoms with Crippen molar-refractivity contribution in [3.05, 3.63) is 11.6 Å². The van der Waals surface area contributed by atoms with E-state index in [-0.39, 0.29) is 11.5 Å². The lowest BCUT2D eigenvalue weighted by molar-refractivity contribution is -0.161. The van der Waals surface area contributed by atoms with Crippen molar-refractivity contribution in [1.29, 1.82) is 0 Å². The monoisotopic (exact) mass is 426 g/mol. The first-order chi connectivity index (χ1) is 14.4. The van der Waals surface area contributed by atoms with Gasteiger partial charge in [0.05, 0.1) is 6.10 Å². The summed E-state index contributed by atoms with van der Waals surface area (Å²) in [5, 5.41) is 10.8. The van der Waals surface area contributed by atoms with Gasteiger partial charge in [0.2, 0.25) is 0 Å². The molecule has 5 aliphatic rings. The van der Waals surface area contributed by atoms with Crippen molar-refractivity contribution < 1.29 is 5.11 Å². The number of fused-ring (bicyclic) bond motifs is 2. The fourth-order valence-electron chi connectivity index (χ4n) is 11.1. The quantitative estimate of drug-likeness (QED) is 0.449. The third-order valence-corrected chi connectivity index (χ3v) is 13.0. The van der Waals surface area contributed by atoms with E-state index in [0.717, 1.165) is 30.1 Å². The van der Waals surface area contributed by atoms with Crippen LogP contribution in [0.1, 0.15) is 119 Å². The summed E-state index contributed by atoms with van der Waals surface area (Å²) in [5.41, 5.74) is 3.87. The second kappa shape index (κ2) is 6.86. The highest BCUT2D eigenvalue weighted by Gasteiger charge is 2.82. The predicted molar refractivity (Wildman–Crippen MR) is 131 cm³/mol. The molecule has 0 aromatic heterocycles. The van der Waals surface area contributed by atoms with Gasteiger partial charge in [-0.15, -0.1) is 0 Å². The molecule has 1 N–H and O–H groups in total. The van der Waals surface area contributed by atoms with Crippen LogP contribution < -0.4 is 0 Å². The third kappa shape index (κ3) is 2.71. The summed E-state index contributed by atoms with van der Waals surface area (Å²) in [4.78, 5) is 0. The van der Waals surface area contributed by atoms with Crippen molar-refractivity contribution in [1.82, 2.24) is 0 Å². The normalized spacial score (nSPS) is 52.9. The molecule has 5 fully saturated rings. The zero-order chi connectivity index (χ0) is 22.4. The number of aliphatic hydroxyl groups excluding tert-OH is 1. The standard InChI is InChI=1S/C30H50O/c1-20(2)9-8-10-21(3)22-13-15-28(7)24-12-11-23-26(4,5)25(31)14-16-29(23)19-30(24,29)18-17-27(22,28)6/h9,21-25,31H,8,10-19H2,1-7H3/t21-,22-,23+,24+,25+,27-,28+,29?,30?/m1/s1. The maximum Gasteiger partial charge on any atom is 0.0594 e. The lowest BCUT2D eigenvalue weighted by Gasteiger charge is -2.63. The molecule has 5 rings (SSSR count). The fourth-order valence-corrected chi connectivity index (χ4v) is 11.1. The molecule has 0 amide bonds. The van der Waals surface area contributed by atoms with Crippen molar-refractivity contribution >= 4 is 0 Å². The van der Waals surface area contributed by atoms with Crippen LogP contribution in [0, 0.1) is 50.7 Å². The summed E-state index contributed by atoms with van der Waals surface area (Å²) < 4.78 is 0. The Kier molecular flexibility index (Phi) is 4.98. The Balaban J connectivity index is 1.41. The largest absolute Gasteiger partial charge is 0.393 e. The van der Waals surface area contributed by atoms with Crippen LogP contribution in [-0.2, 0) is 0 Å². The summed E-state index contributed by atoms with van der Waals surface area (Å²) in [7, 11) is 0. The minimum atomic E-state index is -0.0840. The molecule has 2 spiro atoms. The molecular formula is C30H50O. The molecule has 5 aliphatic carbocycles. The van der Waals surface area contributed by atoms with Gasteiger partial charge in [0.1, 0.15) is 0 Å². The maximum atomic E-state index is 10.8. The molecule has 1 heteroatoms. The van der Waals surface area contributed by atoms with Crippen LogP contribution in [-0.4, -0.2) is 11.2 Å². The number of hydrogen-bond donors (Lipinski definition) is 1. The first-order valence-electron chi connectivity index (χ1n) is 13.8. The molecule has 0 bridgehead atoms. The van der Waals surface area contributed by atoms with Crippen LogP contribution in [0.5, 0.6) is 0 Å². The highest BCUT2D eigenvalue weighted by atomic mass is 16.3. The minimum absolute atomic E-state index is 0.0840. The van der Waals surface area contributed by atoms with E-state index >= 15 is 0 Å². The summed E-state index contributed by atoms with van der Waals surface area (Å²) in [6.45, 7) is 17.3. The molecule has 5 saturated carbocycles. The van der Waals surface area contributed by atoms with E-state index in [9.17, 15) is 5.11 Å². The van der Waals surface area contributed by atoms with E-state index in [2.05, 4.69) is 54.5 Å². The van der Waals surface area contributed by atoms with Gasteiger partial charge in [0, 0.05) is 0 Å². The Morgan fingerprint density at radius 2 is 1.55 bits per heavy atom. The second-order valence-corrected chi connectivity index (χ2v) is 14.4. The van der Waals surface area contributed by atoms with Crippen LogP contribution in [0.25, 0.3) is 0 Å². The Morgan fingerprint density at radius 3 is 2.26 bits per heavy atom. The highest BCUT2D eigenvalue weighted by Crippen LogP contribution is 2.89. The van der Waals surface area contributed by atoms with E-state index in [1.165, 1.54) is 69.8 Å². The van der Waals surface area contributed by atoms with E-state index in [0.29, 0.717) is 21.7 Å². The van der Waals surface area contributed by atoms with Crippen molar-refractivity contribution in [2.75, 3.05) is 0 Å². The lowest BCUT2D eigenvalue weighted by atomic mass is 9.41. The van der Waals surface area contributed by atoms with Gasteiger partial charge in [-0.2, -0.15) is 0 Å². The first-order valence-corrected chi connectivity index (χ1v) is 13.8. The Bertz CT molecular complexity index is 760. The van der Waals surface area contributed by atoms with Gasteiger partial charge in [0.25, 0.3) is 0 Å². The number of rotatable bonds is 4. The van der Waals surface area contributed by atoms with Gasteiger partial charge < -0.3 is 5.11 Å². The van der Waals surface area contributed by atoms with Crippen LogP contribution in [0.15, 0.2) is 11.6 Å². The predicted octanol–water partition coefficient (Wildman–Crippen LogP) is 8.17. The molecule has 9 atom stereocenters. The number of hydrogen-bond acceptors (Lipinski definition) is 1. The third-order valence-electron chi connectivity index (χ3n) is 13.0. The maximum absolute atomic E-state index is 10.8. The second-order valence-electron chi connectivity index (χ2n) is 14.4. The average Bonchev–Trinajstić information content (AvgIpc) is 3.27. The average molecular weight is 427 g/mol. The Labute approximate surface area is 192 Å². The van der Waals surface area contributed by atoms with Gasteiger partial charge in [0.15, 0.2) is 0 Å². The summed E-state index contributed by atoms with van der Waals surface area (Å²) in [6.07, 6.45) is 17.6. The van der Waals surface area contributed by atoms with E-state index in [1.807, 2.05) is 0 Å². The van der Waals surface area contributed by atoms with Gasteiger partial charge in [-0.05, 0) is 135 Å². The molecule has 2 unspecified atom stereocenters. The van der Waals surface area contributed by atoms with Gasteiger partial charge in [-0.25, -0.2) is 0 Å². The zero-order valence-electron chi connectivity index (χ0n) is 21.7. The molecule has 0 radical (unpaired) electrons. The first kappa shape index (κ1) is 22.5. The Hall–Kier alpha value is -0.300. The van der Waals surface area contributed by atoms with Crippen molar-refractivity contribution in [3.8, 4) is 0 Å². The minimum Gasteiger partial charge on any atom is -0.393 e. The smallest absolute Gasteiger partial charge is 0.0594 e. The van der Waals surface area contributed by atoms with Crippen LogP contribution >= 0.6 is 0 Å². The van der Waals surface area contributed by atoms with Gasteiger partial charge >= 0.3 is 0 Å². The van der Waals surface area contributed by atoms with Crippen molar-refractivity contribution in [2.45, 2.75) is 125 Å². The van der Waals surface area contributed by atoms with E-state index in [1.54, 1.807) is 0 Å². The van der Waals surface area contributed by atoms with Crippen LogP contribution in [0.2, 0.25) is 0 Å². The van der Waals surface area contributed by atoms with Crippen LogP contribution in [0.3, 0.4) is 0 Å². The van der Waals surface area contributed by atoms with E-state index in [4.69, 9.17) is 0 Å². The fraction of sp³-hybridized carbons (Fsp3) is 0.933. The lowest BCUT2D eigenvalue weighted by Crippen LogP contribution is -2.57. The molecule has 0 aromatic rings. The molecule has 0 saturated heterocycles. The summed E-state index contributed by atoms with van der Waals surface area (Å²) in [5.74, 6) is 3.46. The topological polar surface area (TPSA) is 20.2 Å². The highest BCUT2D eigenvalue weighted by molar-refractivity contribution is 5.30. The van der Waals surface area contributed by atoms with Gasteiger partial charge in [-0.3, -0.25) is 0 Å².